The molecule has 0 bridgehead atoms. The van der Waals surface area contributed by atoms with Crippen LogP contribution in [0.25, 0.3) is 0 Å². The third-order valence-electron chi connectivity index (χ3n) is 10.9. The number of ether oxygens (including phenoxy) is 2. The average Bonchev–Trinajstić information content (AvgIpc) is 3.99. The standard InChI is InChI=1S/C46H36O10S2/c47-37(31-9-3-1-4-10-31)27-45(43(51)52)25-36(30-17-21-34(22-18-30)56-42(50)40-14-8-24-58-40)46(44(53)54,28-38(48)32-11-5-2-6-12-32)26-35(45)29-15-19-33(20-16-29)55-41(49)39-13-7-23-57-39/h1-24,35-36H,25-28H2,(H,51,52)(H,53,54). The fraction of sp³-hybridized carbons (Fsp3) is 0.174. The van der Waals surface area contributed by atoms with Crippen LogP contribution >= 0.6 is 22.7 Å². The van der Waals surface area contributed by atoms with Gasteiger partial charge in [-0.25, -0.2) is 9.59 Å². The predicted molar refractivity (Wildman–Crippen MR) is 217 cm³/mol. The van der Waals surface area contributed by atoms with Crippen molar-refractivity contribution in [3.05, 3.63) is 176 Å². The van der Waals surface area contributed by atoms with Crippen LogP contribution in [0.5, 0.6) is 11.5 Å². The molecule has 4 unspecified atom stereocenters. The lowest BCUT2D eigenvalue weighted by Gasteiger charge is -2.52. The van der Waals surface area contributed by atoms with Gasteiger partial charge in [0, 0.05) is 35.8 Å². The quantitative estimate of drug-likeness (QED) is 0.0616. The first kappa shape index (κ1) is 39.7. The molecular weight excluding hydrogens is 777 g/mol. The van der Waals surface area contributed by atoms with E-state index in [1.165, 1.54) is 46.9 Å². The number of aliphatic carboxylic acids is 2. The van der Waals surface area contributed by atoms with Gasteiger partial charge in [-0.15, -0.1) is 22.7 Å². The molecule has 0 radical (unpaired) electrons. The van der Waals surface area contributed by atoms with Gasteiger partial charge in [0.15, 0.2) is 11.6 Å². The summed E-state index contributed by atoms with van der Waals surface area (Å²) in [4.78, 5) is 82.4. The van der Waals surface area contributed by atoms with Crippen LogP contribution in [0.15, 0.2) is 144 Å². The third-order valence-corrected chi connectivity index (χ3v) is 12.6. The molecule has 1 aliphatic carbocycles. The summed E-state index contributed by atoms with van der Waals surface area (Å²) in [6.07, 6.45) is -1.66. The van der Waals surface area contributed by atoms with Crippen molar-refractivity contribution in [2.45, 2.75) is 37.5 Å². The van der Waals surface area contributed by atoms with Gasteiger partial charge in [0.25, 0.3) is 0 Å². The normalized spacial score (nSPS) is 20.1. The highest BCUT2D eigenvalue weighted by Crippen LogP contribution is 2.63. The molecule has 2 heterocycles. The van der Waals surface area contributed by atoms with Crippen LogP contribution in [0, 0.1) is 10.8 Å². The molecule has 0 spiro atoms. The fourth-order valence-electron chi connectivity index (χ4n) is 7.96. The molecule has 7 rings (SSSR count). The zero-order valence-corrected chi connectivity index (χ0v) is 32.4. The number of carbonyl (C=O) groups excluding carboxylic acids is 4. The molecule has 1 saturated carbocycles. The van der Waals surface area contributed by atoms with Crippen molar-refractivity contribution in [2.75, 3.05) is 0 Å². The second kappa shape index (κ2) is 16.9. The Balaban J connectivity index is 1.34. The van der Waals surface area contributed by atoms with Gasteiger partial charge in [-0.05, 0) is 71.1 Å². The van der Waals surface area contributed by atoms with E-state index >= 15 is 0 Å². The SMILES string of the molecule is O=C(CC1(C(=O)O)CC(c2ccc(OC(=O)c3cccs3)cc2)C(CC(=O)c2ccccc2)(C(=O)O)CC1c1ccc(OC(=O)c2cccs2)cc1)c1ccccc1. The molecule has 4 aromatic carbocycles. The lowest BCUT2D eigenvalue weighted by molar-refractivity contribution is -0.165. The largest absolute Gasteiger partial charge is 0.481 e. The van der Waals surface area contributed by atoms with Crippen LogP contribution in [-0.4, -0.2) is 45.7 Å². The van der Waals surface area contributed by atoms with Crippen LogP contribution in [0.1, 0.15) is 88.7 Å². The molecule has 58 heavy (non-hydrogen) atoms. The van der Waals surface area contributed by atoms with Crippen LogP contribution in [0.3, 0.4) is 0 Å². The van der Waals surface area contributed by atoms with Gasteiger partial charge in [0.2, 0.25) is 0 Å². The topological polar surface area (TPSA) is 161 Å². The van der Waals surface area contributed by atoms with Crippen molar-refractivity contribution < 1.29 is 48.5 Å². The molecule has 0 saturated heterocycles. The first-order chi connectivity index (χ1) is 28.0. The van der Waals surface area contributed by atoms with Gasteiger partial charge in [-0.1, -0.05) is 97.1 Å². The molecule has 2 aromatic heterocycles. The van der Waals surface area contributed by atoms with E-state index in [4.69, 9.17) is 9.47 Å². The van der Waals surface area contributed by atoms with Gasteiger partial charge < -0.3 is 19.7 Å². The monoisotopic (exact) mass is 812 g/mol. The maximum Gasteiger partial charge on any atom is 0.353 e. The van der Waals surface area contributed by atoms with Crippen LogP contribution in [0.4, 0.5) is 0 Å². The number of hydrogen-bond acceptors (Lipinski definition) is 10. The number of benzene rings is 4. The summed E-state index contributed by atoms with van der Waals surface area (Å²) in [6.45, 7) is 0. The minimum atomic E-state index is -1.88. The minimum absolute atomic E-state index is 0.181. The van der Waals surface area contributed by atoms with E-state index in [0.29, 0.717) is 32.0 Å². The van der Waals surface area contributed by atoms with Gasteiger partial charge in [-0.2, -0.15) is 0 Å². The highest BCUT2D eigenvalue weighted by atomic mass is 32.1. The van der Waals surface area contributed by atoms with E-state index in [2.05, 4.69) is 0 Å². The lowest BCUT2D eigenvalue weighted by Crippen LogP contribution is -2.53. The summed E-state index contributed by atoms with van der Waals surface area (Å²) in [5.74, 6) is -6.53. The van der Waals surface area contributed by atoms with Crippen molar-refractivity contribution in [2.24, 2.45) is 10.8 Å². The molecule has 0 amide bonds. The number of esters is 2. The summed E-state index contributed by atoms with van der Waals surface area (Å²) in [6, 6.07) is 35.6. The average molecular weight is 813 g/mol. The van der Waals surface area contributed by atoms with Crippen LogP contribution < -0.4 is 9.47 Å². The molecule has 12 heteroatoms. The molecule has 292 valence electrons. The summed E-state index contributed by atoms with van der Waals surface area (Å²) in [5.41, 5.74) is -2.39. The Kier molecular flexibility index (Phi) is 11.6. The van der Waals surface area contributed by atoms with Crippen molar-refractivity contribution in [1.82, 2.24) is 0 Å². The fourth-order valence-corrected chi connectivity index (χ4v) is 9.16. The lowest BCUT2D eigenvalue weighted by atomic mass is 9.48. The van der Waals surface area contributed by atoms with E-state index in [0.717, 1.165) is 0 Å². The molecule has 1 aliphatic rings. The minimum Gasteiger partial charge on any atom is -0.481 e. The Morgan fingerprint density at radius 1 is 0.500 bits per heavy atom. The predicted octanol–water partition coefficient (Wildman–Crippen LogP) is 9.60. The van der Waals surface area contributed by atoms with E-state index in [9.17, 15) is 39.0 Å². The molecule has 6 aromatic rings. The molecule has 1 fully saturated rings. The molecule has 0 aliphatic heterocycles. The zero-order valence-electron chi connectivity index (χ0n) is 30.8. The Morgan fingerprint density at radius 2 is 0.862 bits per heavy atom. The van der Waals surface area contributed by atoms with E-state index < -0.39 is 71.0 Å². The van der Waals surface area contributed by atoms with Gasteiger partial charge >= 0.3 is 23.9 Å². The number of Topliss-reactive ketones (excluding diaryl/α,β-unsaturated/α-hetero) is 2. The number of carboxylic acids is 2. The number of carboxylic acid groups (broad SMARTS) is 2. The van der Waals surface area contributed by atoms with Crippen molar-refractivity contribution in [3.8, 4) is 11.5 Å². The van der Waals surface area contributed by atoms with Crippen molar-refractivity contribution in [1.29, 1.82) is 0 Å². The molecule has 4 atom stereocenters. The molecule has 10 nitrogen and oxygen atoms in total. The second-order valence-electron chi connectivity index (χ2n) is 14.2. The van der Waals surface area contributed by atoms with Crippen molar-refractivity contribution in [3.63, 3.8) is 0 Å². The van der Waals surface area contributed by atoms with Crippen molar-refractivity contribution >= 4 is 58.1 Å². The Labute approximate surface area is 341 Å². The van der Waals surface area contributed by atoms with Crippen LogP contribution in [0.2, 0.25) is 0 Å². The summed E-state index contributed by atoms with van der Waals surface area (Å²) >= 11 is 2.43. The Hall–Kier alpha value is -6.50. The van der Waals surface area contributed by atoms with Crippen LogP contribution in [-0.2, 0) is 9.59 Å². The summed E-state index contributed by atoms with van der Waals surface area (Å²) in [7, 11) is 0. The molecular formula is C46H36O10S2. The number of carbonyl (C=O) groups is 6. The number of ketones is 2. The highest BCUT2D eigenvalue weighted by Gasteiger charge is 2.62. The maximum absolute atomic E-state index is 14.1. The highest BCUT2D eigenvalue weighted by molar-refractivity contribution is 7.12. The molecule has 2 N–H and O–H groups in total. The maximum atomic E-state index is 14.1. The zero-order chi connectivity index (χ0) is 40.9. The summed E-state index contributed by atoms with van der Waals surface area (Å²) in [5, 5.41) is 26.2. The Bertz CT molecular complexity index is 2250. The van der Waals surface area contributed by atoms with Gasteiger partial charge in [0.1, 0.15) is 21.3 Å². The second-order valence-corrected chi connectivity index (χ2v) is 16.1. The third kappa shape index (κ3) is 8.15. The van der Waals surface area contributed by atoms with Gasteiger partial charge in [0.05, 0.1) is 10.8 Å². The first-order valence-corrected chi connectivity index (χ1v) is 20.1. The number of thiophene rings is 2. The number of hydrogen-bond donors (Lipinski definition) is 2. The smallest absolute Gasteiger partial charge is 0.353 e. The Morgan fingerprint density at radius 3 is 1.17 bits per heavy atom. The first-order valence-electron chi connectivity index (χ1n) is 18.3. The van der Waals surface area contributed by atoms with E-state index in [1.807, 2.05) is 0 Å². The van der Waals surface area contributed by atoms with E-state index in [1.54, 1.807) is 120 Å². The van der Waals surface area contributed by atoms with E-state index in [-0.39, 0.29) is 24.3 Å². The summed E-state index contributed by atoms with van der Waals surface area (Å²) < 4.78 is 11.1. The van der Waals surface area contributed by atoms with Gasteiger partial charge in [-0.3, -0.25) is 19.2 Å². The number of rotatable bonds is 14.